The molecule has 0 spiro atoms. The Labute approximate surface area is 135 Å². The zero-order valence-corrected chi connectivity index (χ0v) is 12.6. The van der Waals surface area contributed by atoms with Gasteiger partial charge in [-0.05, 0) is 24.3 Å². The van der Waals surface area contributed by atoms with Crippen LogP contribution in [0.4, 0.5) is 13.2 Å². The largest absolute Gasteiger partial charge is 0.494 e. The summed E-state index contributed by atoms with van der Waals surface area (Å²) in [5, 5.41) is 2.23. The summed E-state index contributed by atoms with van der Waals surface area (Å²) in [6.45, 7) is -0.227. The summed E-state index contributed by atoms with van der Waals surface area (Å²) in [4.78, 5) is 26.3. The third-order valence-corrected chi connectivity index (χ3v) is 3.20. The van der Waals surface area contributed by atoms with Crippen LogP contribution in [-0.4, -0.2) is 30.8 Å². The molecule has 0 saturated heterocycles. The first-order chi connectivity index (χ1) is 11.4. The van der Waals surface area contributed by atoms with Crippen molar-refractivity contribution >= 4 is 12.2 Å². The van der Waals surface area contributed by atoms with Crippen LogP contribution < -0.4 is 10.1 Å². The molecule has 0 radical (unpaired) electrons. The first kappa shape index (κ1) is 17.5. The van der Waals surface area contributed by atoms with Gasteiger partial charge in [-0.15, -0.1) is 0 Å². The second-order valence-corrected chi connectivity index (χ2v) is 4.74. The molecule has 24 heavy (non-hydrogen) atoms. The van der Waals surface area contributed by atoms with Crippen LogP contribution >= 0.6 is 0 Å². The van der Waals surface area contributed by atoms with Gasteiger partial charge in [0.05, 0.1) is 19.2 Å². The molecule has 0 aliphatic rings. The summed E-state index contributed by atoms with van der Waals surface area (Å²) in [6.07, 6.45) is -4.05. The summed E-state index contributed by atoms with van der Waals surface area (Å²) in [7, 11) is 1.39. The molecule has 0 atom stereocenters. The van der Waals surface area contributed by atoms with Crippen LogP contribution in [0.25, 0.3) is 11.3 Å². The number of carbonyl (C=O) groups excluding carboxylic acids is 2. The van der Waals surface area contributed by atoms with E-state index in [-0.39, 0.29) is 17.9 Å². The molecule has 1 aromatic carbocycles. The minimum absolute atomic E-state index is 0.0695. The number of hydrogen-bond donors (Lipinski definition) is 1. The lowest BCUT2D eigenvalue weighted by molar-refractivity contribution is -0.137. The number of methoxy groups -OCH3 is 1. The predicted octanol–water partition coefficient (Wildman–Crippen LogP) is 2.70. The van der Waals surface area contributed by atoms with Gasteiger partial charge in [-0.25, -0.2) is 4.98 Å². The standard InChI is InChI=1S/C16H13F3N2O3/c1-24-14-7-6-12(13(23)8-20-9-22)21-15(14)10-2-4-11(5-3-10)16(17,18)19/h2-7,9H,8H2,1H3,(H,20,22). The maximum atomic E-state index is 12.6. The highest BCUT2D eigenvalue weighted by atomic mass is 19.4. The smallest absolute Gasteiger partial charge is 0.416 e. The Hall–Kier alpha value is -2.90. The van der Waals surface area contributed by atoms with Crippen LogP contribution in [0.2, 0.25) is 0 Å². The molecule has 0 saturated carbocycles. The van der Waals surface area contributed by atoms with Crippen LogP contribution in [0, 0.1) is 0 Å². The first-order valence-electron chi connectivity index (χ1n) is 6.79. The molecule has 0 aliphatic carbocycles. The molecule has 0 bridgehead atoms. The van der Waals surface area contributed by atoms with Gasteiger partial charge in [-0.1, -0.05) is 12.1 Å². The normalized spacial score (nSPS) is 11.0. The second kappa shape index (κ2) is 7.12. The van der Waals surface area contributed by atoms with E-state index >= 15 is 0 Å². The van der Waals surface area contributed by atoms with Crippen molar-refractivity contribution in [2.24, 2.45) is 0 Å². The van der Waals surface area contributed by atoms with Crippen LogP contribution in [0.1, 0.15) is 16.1 Å². The molecular weight excluding hydrogens is 325 g/mol. The molecule has 8 heteroatoms. The van der Waals surface area contributed by atoms with Crippen LogP contribution in [0.3, 0.4) is 0 Å². The van der Waals surface area contributed by atoms with Gasteiger partial charge >= 0.3 is 6.18 Å². The Morgan fingerprint density at radius 1 is 1.21 bits per heavy atom. The minimum Gasteiger partial charge on any atom is -0.494 e. The van der Waals surface area contributed by atoms with Crippen molar-refractivity contribution in [3.05, 3.63) is 47.7 Å². The average Bonchev–Trinajstić information content (AvgIpc) is 2.58. The fourth-order valence-corrected chi connectivity index (χ4v) is 2.02. The number of nitrogens with zero attached hydrogens (tertiary/aromatic N) is 1. The molecule has 1 heterocycles. The predicted molar refractivity (Wildman–Crippen MR) is 79.6 cm³/mol. The molecule has 1 aromatic heterocycles. The molecule has 0 unspecified atom stereocenters. The van der Waals surface area contributed by atoms with E-state index in [0.717, 1.165) is 12.1 Å². The minimum atomic E-state index is -4.44. The lowest BCUT2D eigenvalue weighted by Gasteiger charge is -2.11. The molecule has 2 aromatic rings. The SMILES string of the molecule is COc1ccc(C(=O)CNC=O)nc1-c1ccc(C(F)(F)F)cc1. The fourth-order valence-electron chi connectivity index (χ4n) is 2.02. The lowest BCUT2D eigenvalue weighted by Crippen LogP contribution is -2.22. The van der Waals surface area contributed by atoms with Gasteiger partial charge in [0, 0.05) is 5.56 Å². The number of aromatic nitrogens is 1. The molecule has 126 valence electrons. The second-order valence-electron chi connectivity index (χ2n) is 4.74. The van der Waals surface area contributed by atoms with E-state index in [1.165, 1.54) is 31.4 Å². The van der Waals surface area contributed by atoms with Gasteiger partial charge in [-0.2, -0.15) is 13.2 Å². The number of rotatable bonds is 6. The Kier molecular flexibility index (Phi) is 5.18. The topological polar surface area (TPSA) is 68.3 Å². The van der Waals surface area contributed by atoms with E-state index in [1.54, 1.807) is 0 Å². The Bertz CT molecular complexity index is 743. The monoisotopic (exact) mass is 338 g/mol. The quantitative estimate of drug-likeness (QED) is 0.649. The molecule has 2 rings (SSSR count). The van der Waals surface area contributed by atoms with E-state index in [0.29, 0.717) is 17.7 Å². The number of ether oxygens (including phenoxy) is 1. The number of ketones is 1. The summed E-state index contributed by atoms with van der Waals surface area (Å²) in [6, 6.07) is 7.28. The molecule has 1 amide bonds. The number of benzene rings is 1. The summed E-state index contributed by atoms with van der Waals surface area (Å²) in [5.41, 5.74) is -0.103. The highest BCUT2D eigenvalue weighted by Crippen LogP contribution is 2.33. The van der Waals surface area contributed by atoms with E-state index < -0.39 is 17.5 Å². The van der Waals surface area contributed by atoms with Gasteiger partial charge in [0.2, 0.25) is 6.41 Å². The number of halogens is 3. The van der Waals surface area contributed by atoms with Gasteiger partial charge in [0.25, 0.3) is 0 Å². The number of nitrogens with one attached hydrogen (secondary N) is 1. The number of hydrogen-bond acceptors (Lipinski definition) is 4. The van der Waals surface area contributed by atoms with Crippen molar-refractivity contribution in [3.8, 4) is 17.0 Å². The van der Waals surface area contributed by atoms with Crippen molar-refractivity contribution in [2.45, 2.75) is 6.18 Å². The highest BCUT2D eigenvalue weighted by Gasteiger charge is 2.30. The maximum absolute atomic E-state index is 12.6. The Morgan fingerprint density at radius 3 is 2.42 bits per heavy atom. The zero-order chi connectivity index (χ0) is 17.7. The highest BCUT2D eigenvalue weighted by molar-refractivity contribution is 5.97. The number of carbonyl (C=O) groups is 2. The number of Topliss-reactive ketones (excluding diaryl/α,β-unsaturated/α-hetero) is 1. The van der Waals surface area contributed by atoms with E-state index in [4.69, 9.17) is 4.74 Å². The van der Waals surface area contributed by atoms with E-state index in [2.05, 4.69) is 10.3 Å². The van der Waals surface area contributed by atoms with E-state index in [1.807, 2.05) is 0 Å². The molecular formula is C16H13F3N2O3. The zero-order valence-electron chi connectivity index (χ0n) is 12.6. The fraction of sp³-hybridized carbons (Fsp3) is 0.188. The molecule has 1 N–H and O–H groups in total. The Balaban J connectivity index is 2.40. The maximum Gasteiger partial charge on any atom is 0.416 e. The Morgan fingerprint density at radius 2 is 1.88 bits per heavy atom. The third-order valence-electron chi connectivity index (χ3n) is 3.20. The van der Waals surface area contributed by atoms with Crippen molar-refractivity contribution in [1.29, 1.82) is 0 Å². The summed E-state index contributed by atoms with van der Waals surface area (Å²) >= 11 is 0. The number of amides is 1. The van der Waals surface area contributed by atoms with Crippen LogP contribution in [0.15, 0.2) is 36.4 Å². The van der Waals surface area contributed by atoms with Gasteiger partial charge in [0.15, 0.2) is 5.78 Å². The number of alkyl halides is 3. The third kappa shape index (κ3) is 3.89. The van der Waals surface area contributed by atoms with Crippen LogP contribution in [-0.2, 0) is 11.0 Å². The van der Waals surface area contributed by atoms with Gasteiger partial charge in [0.1, 0.15) is 17.1 Å². The van der Waals surface area contributed by atoms with Gasteiger partial charge < -0.3 is 10.1 Å². The summed E-state index contributed by atoms with van der Waals surface area (Å²) < 4.78 is 43.1. The first-order valence-corrected chi connectivity index (χ1v) is 6.79. The van der Waals surface area contributed by atoms with Crippen molar-refractivity contribution in [3.63, 3.8) is 0 Å². The lowest BCUT2D eigenvalue weighted by atomic mass is 10.1. The van der Waals surface area contributed by atoms with Crippen molar-refractivity contribution in [1.82, 2.24) is 10.3 Å². The van der Waals surface area contributed by atoms with Crippen molar-refractivity contribution < 1.29 is 27.5 Å². The average molecular weight is 338 g/mol. The van der Waals surface area contributed by atoms with Crippen molar-refractivity contribution in [2.75, 3.05) is 13.7 Å². The molecule has 0 aliphatic heterocycles. The summed E-state index contributed by atoms with van der Waals surface area (Å²) in [5.74, 6) is -0.118. The van der Waals surface area contributed by atoms with E-state index in [9.17, 15) is 22.8 Å². The molecule has 0 fully saturated rings. The van der Waals surface area contributed by atoms with Gasteiger partial charge in [-0.3, -0.25) is 9.59 Å². The number of pyridine rings is 1. The molecule has 5 nitrogen and oxygen atoms in total. The van der Waals surface area contributed by atoms with Crippen LogP contribution in [0.5, 0.6) is 5.75 Å².